The van der Waals surface area contributed by atoms with Gasteiger partial charge in [-0.3, -0.25) is 9.59 Å². The maximum absolute atomic E-state index is 13.0. The first kappa shape index (κ1) is 23.2. The van der Waals surface area contributed by atoms with Crippen molar-refractivity contribution < 1.29 is 18.0 Å². The number of halogens is 3. The van der Waals surface area contributed by atoms with Gasteiger partial charge in [-0.05, 0) is 30.7 Å². The van der Waals surface area contributed by atoms with Gasteiger partial charge in [0, 0.05) is 56.2 Å². The van der Waals surface area contributed by atoms with Crippen molar-refractivity contribution in [3.8, 4) is 0 Å². The smallest absolute Gasteiger partial charge is 0.365 e. The molecule has 3 aromatic rings. The minimum atomic E-state index is -4.48. The number of aromatic nitrogens is 4. The molecule has 1 fully saturated rings. The van der Waals surface area contributed by atoms with E-state index in [0.29, 0.717) is 49.7 Å². The summed E-state index contributed by atoms with van der Waals surface area (Å²) in [6.07, 6.45) is -2.95. The lowest BCUT2D eigenvalue weighted by atomic mass is 10.1. The number of rotatable bonds is 5. The highest BCUT2D eigenvalue weighted by atomic mass is 19.4. The summed E-state index contributed by atoms with van der Waals surface area (Å²) in [5, 5.41) is 9.46. The molecule has 0 atom stereocenters. The van der Waals surface area contributed by atoms with Crippen molar-refractivity contribution in [1.29, 1.82) is 0 Å². The van der Waals surface area contributed by atoms with E-state index >= 15 is 0 Å². The average molecular weight is 473 g/mol. The second-order valence-corrected chi connectivity index (χ2v) is 7.87. The van der Waals surface area contributed by atoms with Gasteiger partial charge in [0.05, 0.1) is 5.56 Å². The molecule has 2 aromatic heterocycles. The van der Waals surface area contributed by atoms with Crippen LogP contribution in [0.5, 0.6) is 0 Å². The van der Waals surface area contributed by atoms with Crippen LogP contribution in [0.25, 0.3) is 0 Å². The molecule has 9 nitrogen and oxygen atoms in total. The first-order chi connectivity index (χ1) is 16.2. The summed E-state index contributed by atoms with van der Waals surface area (Å²) in [5.41, 5.74) is 0.800. The number of carbonyl (C=O) groups excluding carboxylic acids is 1. The molecule has 1 aliphatic rings. The lowest BCUT2D eigenvalue weighted by Gasteiger charge is -2.34. The molecule has 178 valence electrons. The zero-order valence-electron chi connectivity index (χ0n) is 18.3. The maximum Gasteiger partial charge on any atom is 0.419 e. The van der Waals surface area contributed by atoms with Crippen molar-refractivity contribution in [1.82, 2.24) is 25.1 Å². The van der Waals surface area contributed by atoms with Gasteiger partial charge in [-0.15, -0.1) is 0 Å². The predicted octanol–water partition coefficient (Wildman–Crippen LogP) is 2.46. The van der Waals surface area contributed by atoms with E-state index in [2.05, 4.69) is 25.5 Å². The standard InChI is InChI=1S/C22H22F3N7O2/c1-14-9-18(29-30-19(14)33)26-11-15-3-2-4-16(10-15)20(34)31-5-7-32(8-6-31)21-27-12-17(13-28-21)22(23,24)25/h2-4,9-10,12-13H,5-8,11H2,1H3,(H,26,29)(H,30,33). The second kappa shape index (κ2) is 9.49. The van der Waals surface area contributed by atoms with Crippen LogP contribution in [0.3, 0.4) is 0 Å². The fraction of sp³-hybridized carbons (Fsp3) is 0.318. The van der Waals surface area contributed by atoms with Crippen LogP contribution >= 0.6 is 0 Å². The van der Waals surface area contributed by atoms with Crippen molar-refractivity contribution in [3.05, 3.63) is 75.3 Å². The molecule has 1 saturated heterocycles. The highest BCUT2D eigenvalue weighted by molar-refractivity contribution is 5.94. The number of nitrogens with zero attached hydrogens (tertiary/aromatic N) is 5. The van der Waals surface area contributed by atoms with Gasteiger partial charge in [-0.25, -0.2) is 15.1 Å². The number of amides is 1. The van der Waals surface area contributed by atoms with Crippen molar-refractivity contribution in [2.75, 3.05) is 36.4 Å². The molecule has 0 bridgehead atoms. The SMILES string of the molecule is Cc1cc(NCc2cccc(C(=O)N3CCN(c4ncc(C(F)(F)F)cn4)CC3)c2)n[nH]c1=O. The summed E-state index contributed by atoms with van der Waals surface area (Å²) in [4.78, 5) is 35.5. The molecule has 1 amide bonds. The van der Waals surface area contributed by atoms with Gasteiger partial charge in [0.1, 0.15) is 5.82 Å². The quantitative estimate of drug-likeness (QED) is 0.586. The number of nitrogens with one attached hydrogen (secondary N) is 2. The van der Waals surface area contributed by atoms with Crippen LogP contribution in [0.4, 0.5) is 24.9 Å². The predicted molar refractivity (Wildman–Crippen MR) is 119 cm³/mol. The van der Waals surface area contributed by atoms with Crippen molar-refractivity contribution >= 4 is 17.7 Å². The molecule has 0 unspecified atom stereocenters. The topological polar surface area (TPSA) is 107 Å². The number of piperazine rings is 1. The highest BCUT2D eigenvalue weighted by Gasteiger charge is 2.32. The zero-order valence-corrected chi connectivity index (χ0v) is 18.3. The van der Waals surface area contributed by atoms with Gasteiger partial charge < -0.3 is 15.1 Å². The Bertz CT molecular complexity index is 1220. The van der Waals surface area contributed by atoms with Crippen LogP contribution in [0.1, 0.15) is 27.0 Å². The first-order valence-corrected chi connectivity index (χ1v) is 10.5. The Kier molecular flexibility index (Phi) is 6.48. The lowest BCUT2D eigenvalue weighted by Crippen LogP contribution is -2.49. The van der Waals surface area contributed by atoms with E-state index in [-0.39, 0.29) is 17.4 Å². The van der Waals surface area contributed by atoms with Crippen LogP contribution in [0, 0.1) is 6.92 Å². The van der Waals surface area contributed by atoms with E-state index in [1.807, 2.05) is 6.07 Å². The molecular formula is C22H22F3N7O2. The highest BCUT2D eigenvalue weighted by Crippen LogP contribution is 2.28. The molecular weight excluding hydrogens is 451 g/mol. The monoisotopic (exact) mass is 473 g/mol. The molecule has 1 aliphatic heterocycles. The van der Waals surface area contributed by atoms with E-state index in [9.17, 15) is 22.8 Å². The molecule has 3 heterocycles. The number of anilines is 2. The molecule has 0 aliphatic carbocycles. The molecule has 2 N–H and O–H groups in total. The number of hydrogen-bond donors (Lipinski definition) is 2. The zero-order chi connectivity index (χ0) is 24.3. The molecule has 34 heavy (non-hydrogen) atoms. The summed E-state index contributed by atoms with van der Waals surface area (Å²) in [6, 6.07) is 8.84. The third-order valence-corrected chi connectivity index (χ3v) is 5.45. The van der Waals surface area contributed by atoms with E-state index < -0.39 is 11.7 Å². The van der Waals surface area contributed by atoms with Gasteiger partial charge in [0.15, 0.2) is 0 Å². The fourth-order valence-corrected chi connectivity index (χ4v) is 3.52. The van der Waals surface area contributed by atoms with Crippen molar-refractivity contribution in [3.63, 3.8) is 0 Å². The van der Waals surface area contributed by atoms with Gasteiger partial charge in [-0.2, -0.15) is 18.3 Å². The Hall–Kier alpha value is -3.96. The fourth-order valence-electron chi connectivity index (χ4n) is 3.52. The van der Waals surface area contributed by atoms with Gasteiger partial charge in [0.25, 0.3) is 11.5 Å². The first-order valence-electron chi connectivity index (χ1n) is 10.5. The van der Waals surface area contributed by atoms with E-state index in [1.54, 1.807) is 41.0 Å². The molecule has 0 spiro atoms. The Morgan fingerprint density at radius 3 is 2.47 bits per heavy atom. The number of alkyl halides is 3. The lowest BCUT2D eigenvalue weighted by molar-refractivity contribution is -0.138. The summed E-state index contributed by atoms with van der Waals surface area (Å²) >= 11 is 0. The molecule has 0 saturated carbocycles. The molecule has 1 aromatic carbocycles. The van der Waals surface area contributed by atoms with E-state index in [4.69, 9.17) is 0 Å². The Labute approximate surface area is 192 Å². The van der Waals surface area contributed by atoms with Crippen LogP contribution in [0.2, 0.25) is 0 Å². The Morgan fingerprint density at radius 2 is 1.82 bits per heavy atom. The third-order valence-electron chi connectivity index (χ3n) is 5.45. The van der Waals surface area contributed by atoms with E-state index in [1.165, 1.54) is 0 Å². The molecule has 12 heteroatoms. The van der Waals surface area contributed by atoms with Crippen LogP contribution in [-0.2, 0) is 12.7 Å². The minimum Gasteiger partial charge on any atom is -0.365 e. The van der Waals surface area contributed by atoms with E-state index in [0.717, 1.165) is 18.0 Å². The number of benzene rings is 1. The molecule has 4 rings (SSSR count). The van der Waals surface area contributed by atoms with Crippen molar-refractivity contribution in [2.24, 2.45) is 0 Å². The van der Waals surface area contributed by atoms with Gasteiger partial charge >= 0.3 is 6.18 Å². The average Bonchev–Trinajstić information content (AvgIpc) is 2.84. The Balaban J connectivity index is 1.34. The Morgan fingerprint density at radius 1 is 1.12 bits per heavy atom. The number of aryl methyl sites for hydroxylation is 1. The number of aromatic amines is 1. The van der Waals surface area contributed by atoms with Gasteiger partial charge in [-0.1, -0.05) is 12.1 Å². The van der Waals surface area contributed by atoms with Crippen LogP contribution in [-0.4, -0.2) is 57.2 Å². The third kappa shape index (κ3) is 5.33. The van der Waals surface area contributed by atoms with Crippen LogP contribution in [0.15, 0.2) is 47.5 Å². The summed E-state index contributed by atoms with van der Waals surface area (Å²) in [7, 11) is 0. The normalized spacial score (nSPS) is 14.2. The number of carbonyl (C=O) groups is 1. The summed E-state index contributed by atoms with van der Waals surface area (Å²) in [5.74, 6) is 0.600. The summed E-state index contributed by atoms with van der Waals surface area (Å²) < 4.78 is 38.1. The van der Waals surface area contributed by atoms with Crippen LogP contribution < -0.4 is 15.8 Å². The number of hydrogen-bond acceptors (Lipinski definition) is 7. The van der Waals surface area contributed by atoms with Gasteiger partial charge in [0.2, 0.25) is 5.95 Å². The summed E-state index contributed by atoms with van der Waals surface area (Å²) in [6.45, 7) is 3.72. The molecule has 0 radical (unpaired) electrons. The number of H-pyrrole nitrogens is 1. The second-order valence-electron chi connectivity index (χ2n) is 7.87. The largest absolute Gasteiger partial charge is 0.419 e. The maximum atomic E-state index is 13.0. The minimum absolute atomic E-state index is 0.132. The van der Waals surface area contributed by atoms with Crippen molar-refractivity contribution in [2.45, 2.75) is 19.6 Å².